The molecule has 1 rings (SSSR count). The number of esters is 2. The quantitative estimate of drug-likeness (QED) is 0.470. The van der Waals surface area contributed by atoms with Crippen LogP contribution in [-0.4, -0.2) is 23.6 Å². The van der Waals surface area contributed by atoms with E-state index < -0.39 is 17.5 Å². The zero-order valence-electron chi connectivity index (χ0n) is 7.92. The van der Waals surface area contributed by atoms with E-state index in [2.05, 4.69) is 11.3 Å². The Morgan fingerprint density at radius 2 is 2.23 bits per heavy atom. The van der Waals surface area contributed by atoms with Gasteiger partial charge in [-0.1, -0.05) is 6.58 Å². The van der Waals surface area contributed by atoms with Crippen LogP contribution < -0.4 is 0 Å². The lowest BCUT2D eigenvalue weighted by Gasteiger charge is -2.41. The summed E-state index contributed by atoms with van der Waals surface area (Å²) in [6, 6.07) is 0. The van der Waals surface area contributed by atoms with Gasteiger partial charge in [0.25, 0.3) is 0 Å². The highest BCUT2D eigenvalue weighted by Gasteiger charge is 2.55. The van der Waals surface area contributed by atoms with E-state index in [-0.39, 0.29) is 11.7 Å². The first-order valence-corrected chi connectivity index (χ1v) is 3.98. The van der Waals surface area contributed by atoms with Crippen molar-refractivity contribution in [2.45, 2.75) is 32.5 Å². The lowest BCUT2D eigenvalue weighted by molar-refractivity contribution is -0.230. The standard InChI is InChI=1S/C9H12O4/c1-5(2)7(10)13-9(4)6(3)12-8(9)11/h6H,1H2,2-4H3. The maximum absolute atomic E-state index is 11.1. The van der Waals surface area contributed by atoms with E-state index in [1.165, 1.54) is 13.8 Å². The van der Waals surface area contributed by atoms with E-state index in [1.54, 1.807) is 6.92 Å². The van der Waals surface area contributed by atoms with Crippen LogP contribution in [0.2, 0.25) is 0 Å². The van der Waals surface area contributed by atoms with Crippen molar-refractivity contribution in [1.82, 2.24) is 0 Å². The molecule has 13 heavy (non-hydrogen) atoms. The van der Waals surface area contributed by atoms with Gasteiger partial charge in [0.1, 0.15) is 6.10 Å². The van der Waals surface area contributed by atoms with Crippen molar-refractivity contribution in [2.75, 3.05) is 0 Å². The molecular formula is C9H12O4. The van der Waals surface area contributed by atoms with Crippen molar-refractivity contribution in [1.29, 1.82) is 0 Å². The topological polar surface area (TPSA) is 52.6 Å². The van der Waals surface area contributed by atoms with Crippen LogP contribution in [0.4, 0.5) is 0 Å². The van der Waals surface area contributed by atoms with Gasteiger partial charge in [0.05, 0.1) is 0 Å². The number of cyclic esters (lactones) is 1. The van der Waals surface area contributed by atoms with Crippen LogP contribution in [0.5, 0.6) is 0 Å². The van der Waals surface area contributed by atoms with Gasteiger partial charge in [-0.2, -0.15) is 0 Å². The van der Waals surface area contributed by atoms with E-state index in [4.69, 9.17) is 4.74 Å². The predicted molar refractivity (Wildman–Crippen MR) is 44.9 cm³/mol. The molecule has 0 aliphatic carbocycles. The smallest absolute Gasteiger partial charge is 0.354 e. The molecule has 0 saturated carbocycles. The Hall–Kier alpha value is -1.32. The van der Waals surface area contributed by atoms with Gasteiger partial charge in [0.15, 0.2) is 0 Å². The second-order valence-corrected chi connectivity index (χ2v) is 3.32. The van der Waals surface area contributed by atoms with Gasteiger partial charge >= 0.3 is 11.9 Å². The molecule has 0 bridgehead atoms. The molecule has 2 atom stereocenters. The molecule has 0 N–H and O–H groups in total. The molecule has 1 aliphatic heterocycles. The highest BCUT2D eigenvalue weighted by Crippen LogP contribution is 2.31. The minimum Gasteiger partial charge on any atom is -0.455 e. The molecule has 4 nitrogen and oxygen atoms in total. The average Bonchev–Trinajstić information content (AvgIpc) is 2.04. The van der Waals surface area contributed by atoms with E-state index in [9.17, 15) is 9.59 Å². The van der Waals surface area contributed by atoms with E-state index in [0.29, 0.717) is 0 Å². The van der Waals surface area contributed by atoms with Crippen LogP contribution in [0.15, 0.2) is 12.2 Å². The van der Waals surface area contributed by atoms with Crippen LogP contribution in [0, 0.1) is 0 Å². The Kier molecular flexibility index (Phi) is 2.15. The summed E-state index contributed by atoms with van der Waals surface area (Å²) < 4.78 is 9.64. The third-order valence-electron chi connectivity index (χ3n) is 2.12. The lowest BCUT2D eigenvalue weighted by Crippen LogP contribution is -2.61. The second-order valence-electron chi connectivity index (χ2n) is 3.32. The summed E-state index contributed by atoms with van der Waals surface area (Å²) in [6.45, 7) is 8.15. The average molecular weight is 184 g/mol. The SMILES string of the molecule is C=C(C)C(=O)OC1(C)C(=O)OC1C. The normalized spacial score (nSPS) is 31.6. The molecule has 0 aromatic heterocycles. The van der Waals surface area contributed by atoms with Crippen LogP contribution >= 0.6 is 0 Å². The second kappa shape index (κ2) is 2.87. The molecule has 1 saturated heterocycles. The summed E-state index contributed by atoms with van der Waals surface area (Å²) in [7, 11) is 0. The number of carbonyl (C=O) groups is 2. The van der Waals surface area contributed by atoms with Crippen molar-refractivity contribution in [3.63, 3.8) is 0 Å². The summed E-state index contributed by atoms with van der Waals surface area (Å²) in [4.78, 5) is 22.1. The maximum atomic E-state index is 11.1. The van der Waals surface area contributed by atoms with Crippen molar-refractivity contribution in [3.8, 4) is 0 Å². The molecule has 0 amide bonds. The zero-order valence-corrected chi connectivity index (χ0v) is 7.92. The number of rotatable bonds is 2. The van der Waals surface area contributed by atoms with Crippen LogP contribution in [0.25, 0.3) is 0 Å². The molecule has 0 aromatic carbocycles. The Morgan fingerprint density at radius 3 is 2.54 bits per heavy atom. The predicted octanol–water partition coefficient (Wildman–Crippen LogP) is 0.810. The lowest BCUT2D eigenvalue weighted by atomic mass is 9.94. The third kappa shape index (κ3) is 1.43. The fourth-order valence-corrected chi connectivity index (χ4v) is 0.902. The fraction of sp³-hybridized carbons (Fsp3) is 0.556. The Labute approximate surface area is 76.5 Å². The third-order valence-corrected chi connectivity index (χ3v) is 2.12. The fourth-order valence-electron chi connectivity index (χ4n) is 0.902. The number of carbonyl (C=O) groups excluding carboxylic acids is 2. The first kappa shape index (κ1) is 9.77. The molecule has 0 radical (unpaired) electrons. The van der Waals surface area contributed by atoms with Crippen LogP contribution in [0.1, 0.15) is 20.8 Å². The Balaban J connectivity index is 2.67. The number of hydrogen-bond acceptors (Lipinski definition) is 4. The summed E-state index contributed by atoms with van der Waals surface area (Å²) in [5, 5.41) is 0. The van der Waals surface area contributed by atoms with Gasteiger partial charge in [-0.05, 0) is 20.8 Å². The number of hydrogen-bond donors (Lipinski definition) is 0. The minimum absolute atomic E-state index is 0.271. The highest BCUT2D eigenvalue weighted by atomic mass is 16.7. The highest BCUT2D eigenvalue weighted by molar-refractivity contribution is 5.93. The van der Waals surface area contributed by atoms with Gasteiger partial charge in [0, 0.05) is 5.57 Å². The molecule has 0 spiro atoms. The molecule has 72 valence electrons. The van der Waals surface area contributed by atoms with Gasteiger partial charge in [-0.15, -0.1) is 0 Å². The molecule has 2 unspecified atom stereocenters. The van der Waals surface area contributed by atoms with Crippen LogP contribution in [-0.2, 0) is 19.1 Å². The van der Waals surface area contributed by atoms with E-state index in [1.807, 2.05) is 0 Å². The molecule has 1 fully saturated rings. The van der Waals surface area contributed by atoms with Gasteiger partial charge in [-0.25, -0.2) is 9.59 Å². The molecule has 1 aliphatic rings. The van der Waals surface area contributed by atoms with Crippen molar-refractivity contribution >= 4 is 11.9 Å². The van der Waals surface area contributed by atoms with Gasteiger partial charge < -0.3 is 9.47 Å². The monoisotopic (exact) mass is 184 g/mol. The van der Waals surface area contributed by atoms with E-state index >= 15 is 0 Å². The molecular weight excluding hydrogens is 172 g/mol. The van der Waals surface area contributed by atoms with Crippen molar-refractivity contribution in [3.05, 3.63) is 12.2 Å². The minimum atomic E-state index is -1.13. The first-order valence-electron chi connectivity index (χ1n) is 3.98. The number of ether oxygens (including phenoxy) is 2. The molecule has 1 heterocycles. The summed E-state index contributed by atoms with van der Waals surface area (Å²) in [6.07, 6.45) is -0.386. The van der Waals surface area contributed by atoms with Crippen molar-refractivity contribution in [2.24, 2.45) is 0 Å². The molecule has 0 aromatic rings. The summed E-state index contributed by atoms with van der Waals surface area (Å²) in [5.41, 5.74) is -0.858. The summed E-state index contributed by atoms with van der Waals surface area (Å²) in [5.74, 6) is -1.07. The Morgan fingerprint density at radius 1 is 1.69 bits per heavy atom. The largest absolute Gasteiger partial charge is 0.455 e. The van der Waals surface area contributed by atoms with Crippen LogP contribution in [0.3, 0.4) is 0 Å². The molecule has 4 heteroatoms. The van der Waals surface area contributed by atoms with E-state index in [0.717, 1.165) is 0 Å². The zero-order chi connectivity index (χ0) is 10.2. The maximum Gasteiger partial charge on any atom is 0.354 e. The Bertz CT molecular complexity index is 281. The van der Waals surface area contributed by atoms with Gasteiger partial charge in [-0.3, -0.25) is 0 Å². The van der Waals surface area contributed by atoms with Crippen molar-refractivity contribution < 1.29 is 19.1 Å². The van der Waals surface area contributed by atoms with Gasteiger partial charge in [0.2, 0.25) is 5.60 Å². The first-order chi connectivity index (χ1) is 5.88. The summed E-state index contributed by atoms with van der Waals surface area (Å²) >= 11 is 0.